The lowest BCUT2D eigenvalue weighted by molar-refractivity contribution is 0.396. The van der Waals surface area contributed by atoms with Gasteiger partial charge in [-0.1, -0.05) is 0 Å². The molecule has 0 atom stereocenters. The van der Waals surface area contributed by atoms with Crippen LogP contribution >= 0.6 is 0 Å². The van der Waals surface area contributed by atoms with E-state index < -0.39 is 0 Å². The molecule has 1 aromatic heterocycles. The van der Waals surface area contributed by atoms with Crippen molar-refractivity contribution in [1.82, 2.24) is 9.97 Å². The van der Waals surface area contributed by atoms with Crippen molar-refractivity contribution in [3.63, 3.8) is 0 Å². The molecule has 4 heteroatoms. The van der Waals surface area contributed by atoms with Crippen LogP contribution in [-0.4, -0.2) is 17.1 Å². The normalized spacial score (nSPS) is 8.73. The summed E-state index contributed by atoms with van der Waals surface area (Å²) in [7, 11) is 1.53. The van der Waals surface area contributed by atoms with E-state index in [9.17, 15) is 0 Å². The SMILES string of the molecule is COc1cc(CC#N)ncn1. The summed E-state index contributed by atoms with van der Waals surface area (Å²) in [6.45, 7) is 0. The highest BCUT2D eigenvalue weighted by atomic mass is 16.5. The number of nitrogens with zero attached hydrogens (tertiary/aromatic N) is 3. The molecule has 4 nitrogen and oxygen atoms in total. The molecule has 0 saturated carbocycles. The van der Waals surface area contributed by atoms with Crippen LogP contribution < -0.4 is 4.74 Å². The maximum Gasteiger partial charge on any atom is 0.216 e. The lowest BCUT2D eigenvalue weighted by atomic mass is 10.3. The second kappa shape index (κ2) is 3.52. The molecule has 11 heavy (non-hydrogen) atoms. The van der Waals surface area contributed by atoms with Gasteiger partial charge < -0.3 is 4.74 Å². The average Bonchev–Trinajstić information content (AvgIpc) is 2.06. The van der Waals surface area contributed by atoms with Gasteiger partial charge in [0.15, 0.2) is 0 Å². The molecule has 0 amide bonds. The van der Waals surface area contributed by atoms with Gasteiger partial charge in [-0.15, -0.1) is 0 Å². The van der Waals surface area contributed by atoms with Crippen LogP contribution in [0.25, 0.3) is 0 Å². The molecule has 0 aliphatic carbocycles. The van der Waals surface area contributed by atoms with Crippen LogP contribution in [0, 0.1) is 11.3 Å². The molecule has 0 aliphatic rings. The van der Waals surface area contributed by atoms with Gasteiger partial charge in [0, 0.05) is 6.07 Å². The largest absolute Gasteiger partial charge is 0.481 e. The van der Waals surface area contributed by atoms with Crippen molar-refractivity contribution in [2.45, 2.75) is 6.42 Å². The Morgan fingerprint density at radius 2 is 2.45 bits per heavy atom. The van der Waals surface area contributed by atoms with E-state index in [-0.39, 0.29) is 0 Å². The minimum Gasteiger partial charge on any atom is -0.481 e. The predicted molar refractivity (Wildman–Crippen MR) is 37.9 cm³/mol. The molecule has 0 bridgehead atoms. The van der Waals surface area contributed by atoms with Crippen molar-refractivity contribution in [3.05, 3.63) is 18.1 Å². The van der Waals surface area contributed by atoms with Gasteiger partial charge in [-0.25, -0.2) is 9.97 Å². The van der Waals surface area contributed by atoms with Crippen molar-refractivity contribution in [2.24, 2.45) is 0 Å². The highest BCUT2D eigenvalue weighted by molar-refractivity contribution is 5.15. The van der Waals surface area contributed by atoms with E-state index in [1.807, 2.05) is 6.07 Å². The maximum absolute atomic E-state index is 8.33. The first-order valence-electron chi connectivity index (χ1n) is 3.08. The van der Waals surface area contributed by atoms with E-state index in [1.165, 1.54) is 13.4 Å². The van der Waals surface area contributed by atoms with Crippen LogP contribution in [0.4, 0.5) is 0 Å². The third kappa shape index (κ3) is 1.90. The molecule has 1 rings (SSSR count). The number of rotatable bonds is 2. The first kappa shape index (κ1) is 7.48. The summed E-state index contributed by atoms with van der Waals surface area (Å²) in [4.78, 5) is 7.66. The van der Waals surface area contributed by atoms with Crippen LogP contribution in [-0.2, 0) is 6.42 Å². The van der Waals surface area contributed by atoms with Crippen LogP contribution in [0.15, 0.2) is 12.4 Å². The highest BCUT2D eigenvalue weighted by Crippen LogP contribution is 2.05. The number of hydrogen-bond donors (Lipinski definition) is 0. The van der Waals surface area contributed by atoms with Crippen molar-refractivity contribution in [3.8, 4) is 11.9 Å². The fourth-order valence-electron chi connectivity index (χ4n) is 0.666. The van der Waals surface area contributed by atoms with Crippen molar-refractivity contribution < 1.29 is 4.74 Å². The Balaban J connectivity index is 2.84. The third-order valence-electron chi connectivity index (χ3n) is 1.17. The van der Waals surface area contributed by atoms with E-state index >= 15 is 0 Å². The minimum atomic E-state index is 0.291. The molecule has 56 valence electrons. The molecule has 1 aromatic rings. The summed E-state index contributed by atoms with van der Waals surface area (Å²) in [6.07, 6.45) is 1.67. The van der Waals surface area contributed by atoms with Gasteiger partial charge >= 0.3 is 0 Å². The van der Waals surface area contributed by atoms with Crippen LogP contribution in [0.5, 0.6) is 5.88 Å². The zero-order valence-electron chi connectivity index (χ0n) is 6.11. The molecule has 1 heterocycles. The van der Waals surface area contributed by atoms with Gasteiger partial charge in [0.2, 0.25) is 5.88 Å². The molecular formula is C7H7N3O. The minimum absolute atomic E-state index is 0.291. The van der Waals surface area contributed by atoms with Crippen molar-refractivity contribution in [1.29, 1.82) is 5.26 Å². The topological polar surface area (TPSA) is 58.8 Å². The van der Waals surface area contributed by atoms with E-state index in [4.69, 9.17) is 10.00 Å². The Labute approximate surface area is 64.5 Å². The quantitative estimate of drug-likeness (QED) is 0.616. The number of methoxy groups -OCH3 is 1. The fourth-order valence-corrected chi connectivity index (χ4v) is 0.666. The third-order valence-corrected chi connectivity index (χ3v) is 1.17. The van der Waals surface area contributed by atoms with Gasteiger partial charge in [0.05, 0.1) is 25.3 Å². The van der Waals surface area contributed by atoms with E-state index in [0.717, 1.165) is 0 Å². The standard InChI is InChI=1S/C7H7N3O/c1-11-7-4-6(2-3-8)9-5-10-7/h4-5H,2H2,1H3. The molecule has 0 saturated heterocycles. The Morgan fingerprint density at radius 1 is 1.64 bits per heavy atom. The lowest BCUT2D eigenvalue weighted by Crippen LogP contribution is -1.92. The molecule has 0 fully saturated rings. The van der Waals surface area contributed by atoms with Gasteiger partial charge in [-0.3, -0.25) is 0 Å². The number of nitriles is 1. The Bertz CT molecular complexity index is 279. The molecule has 0 unspecified atom stereocenters. The number of aromatic nitrogens is 2. The summed E-state index contributed by atoms with van der Waals surface area (Å²) >= 11 is 0. The molecule has 0 radical (unpaired) electrons. The Morgan fingerprint density at radius 3 is 3.09 bits per heavy atom. The fraction of sp³-hybridized carbons (Fsp3) is 0.286. The summed E-state index contributed by atoms with van der Waals surface area (Å²) < 4.78 is 4.84. The van der Waals surface area contributed by atoms with E-state index in [2.05, 4.69) is 9.97 Å². The number of ether oxygens (including phenoxy) is 1. The van der Waals surface area contributed by atoms with Crippen LogP contribution in [0.1, 0.15) is 5.69 Å². The Kier molecular flexibility index (Phi) is 2.39. The smallest absolute Gasteiger partial charge is 0.216 e. The zero-order valence-corrected chi connectivity index (χ0v) is 6.11. The highest BCUT2D eigenvalue weighted by Gasteiger charge is 1.95. The summed E-state index contributed by atoms with van der Waals surface area (Å²) in [6, 6.07) is 3.63. The molecule has 0 spiro atoms. The Hall–Kier alpha value is -1.63. The van der Waals surface area contributed by atoms with Gasteiger partial charge in [-0.2, -0.15) is 5.26 Å². The first-order chi connectivity index (χ1) is 5.36. The molecule has 0 N–H and O–H groups in total. The van der Waals surface area contributed by atoms with Crippen molar-refractivity contribution >= 4 is 0 Å². The zero-order chi connectivity index (χ0) is 8.10. The van der Waals surface area contributed by atoms with Gasteiger partial charge in [-0.05, 0) is 0 Å². The molecular weight excluding hydrogens is 142 g/mol. The summed E-state index contributed by atoms with van der Waals surface area (Å²) in [5.74, 6) is 0.491. The van der Waals surface area contributed by atoms with Gasteiger partial charge in [0.1, 0.15) is 6.33 Å². The lowest BCUT2D eigenvalue weighted by Gasteiger charge is -1.97. The van der Waals surface area contributed by atoms with Gasteiger partial charge in [0.25, 0.3) is 0 Å². The predicted octanol–water partition coefficient (Wildman–Crippen LogP) is 0.551. The summed E-state index contributed by atoms with van der Waals surface area (Å²) in [5, 5.41) is 8.33. The monoisotopic (exact) mass is 149 g/mol. The molecule has 0 aliphatic heterocycles. The van der Waals surface area contributed by atoms with E-state index in [1.54, 1.807) is 6.07 Å². The second-order valence-electron chi connectivity index (χ2n) is 1.89. The maximum atomic E-state index is 8.33. The van der Waals surface area contributed by atoms with E-state index in [0.29, 0.717) is 18.0 Å². The first-order valence-corrected chi connectivity index (χ1v) is 3.08. The second-order valence-corrected chi connectivity index (χ2v) is 1.89. The number of hydrogen-bond acceptors (Lipinski definition) is 4. The van der Waals surface area contributed by atoms with Crippen LogP contribution in [0.2, 0.25) is 0 Å². The summed E-state index contributed by atoms with van der Waals surface area (Å²) in [5.41, 5.74) is 0.680. The van der Waals surface area contributed by atoms with Crippen molar-refractivity contribution in [2.75, 3.05) is 7.11 Å². The van der Waals surface area contributed by atoms with Crippen LogP contribution in [0.3, 0.4) is 0 Å². The molecule has 0 aromatic carbocycles. The average molecular weight is 149 g/mol.